The van der Waals surface area contributed by atoms with Gasteiger partial charge in [0.05, 0.1) is 0 Å². The number of carbonyl (C=O) groups is 2. The number of nitrogens with one attached hydrogen (secondary N) is 1. The molecule has 3 aromatic rings. The second-order valence-corrected chi connectivity index (χ2v) is 6.37. The van der Waals surface area contributed by atoms with E-state index < -0.39 is 0 Å². The number of aromatic nitrogens is 1. The molecule has 0 unspecified atom stereocenters. The smallest absolute Gasteiger partial charge is 0.255 e. The molecule has 0 saturated carbocycles. The van der Waals surface area contributed by atoms with Gasteiger partial charge in [-0.3, -0.25) is 14.6 Å². The second-order valence-electron chi connectivity index (χ2n) is 6.37. The van der Waals surface area contributed by atoms with E-state index in [2.05, 4.69) is 10.3 Å². The maximum atomic E-state index is 13.0. The molecule has 2 aromatic carbocycles. The topological polar surface area (TPSA) is 62.3 Å². The fourth-order valence-electron chi connectivity index (χ4n) is 2.70. The molecule has 1 N–H and O–H groups in total. The van der Waals surface area contributed by atoms with Gasteiger partial charge in [-0.15, -0.1) is 0 Å². The molecule has 1 heterocycles. The SMILES string of the molecule is CN(CCc1ccncc1)C(=O)c1cccc(C(=O)Nc2ccc(F)cc2)c1. The summed E-state index contributed by atoms with van der Waals surface area (Å²) in [4.78, 5) is 30.7. The average molecular weight is 377 g/mol. The van der Waals surface area contributed by atoms with Crippen molar-refractivity contribution in [3.8, 4) is 0 Å². The molecule has 0 spiro atoms. The number of pyridine rings is 1. The number of likely N-dealkylation sites (N-methyl/N-ethyl adjacent to an activating group) is 1. The van der Waals surface area contributed by atoms with Gasteiger partial charge in [-0.25, -0.2) is 4.39 Å². The Hall–Kier alpha value is -3.54. The average Bonchev–Trinajstić information content (AvgIpc) is 2.74. The number of hydrogen-bond acceptors (Lipinski definition) is 3. The fraction of sp³-hybridized carbons (Fsp3) is 0.136. The first kappa shape index (κ1) is 19.2. The van der Waals surface area contributed by atoms with E-state index in [-0.39, 0.29) is 17.6 Å². The minimum absolute atomic E-state index is 0.162. The molecule has 0 aliphatic rings. The fourth-order valence-corrected chi connectivity index (χ4v) is 2.70. The summed E-state index contributed by atoms with van der Waals surface area (Å²) in [6, 6.07) is 15.9. The van der Waals surface area contributed by atoms with Crippen LogP contribution in [0.2, 0.25) is 0 Å². The van der Waals surface area contributed by atoms with E-state index in [1.165, 1.54) is 24.3 Å². The highest BCUT2D eigenvalue weighted by molar-refractivity contribution is 6.06. The monoisotopic (exact) mass is 377 g/mol. The van der Waals surface area contributed by atoms with Gasteiger partial charge < -0.3 is 10.2 Å². The van der Waals surface area contributed by atoms with Crippen molar-refractivity contribution in [1.82, 2.24) is 9.88 Å². The van der Waals surface area contributed by atoms with Gasteiger partial charge in [0.2, 0.25) is 0 Å². The van der Waals surface area contributed by atoms with Gasteiger partial charge in [-0.05, 0) is 66.6 Å². The molecule has 0 saturated heterocycles. The molecule has 3 rings (SSSR count). The number of carbonyl (C=O) groups excluding carboxylic acids is 2. The first-order chi connectivity index (χ1) is 13.5. The van der Waals surface area contributed by atoms with E-state index in [4.69, 9.17) is 0 Å². The van der Waals surface area contributed by atoms with Gasteiger partial charge in [0.25, 0.3) is 11.8 Å². The van der Waals surface area contributed by atoms with Crippen LogP contribution >= 0.6 is 0 Å². The summed E-state index contributed by atoms with van der Waals surface area (Å²) < 4.78 is 13.0. The zero-order chi connectivity index (χ0) is 19.9. The van der Waals surface area contributed by atoms with E-state index >= 15 is 0 Å². The summed E-state index contributed by atoms with van der Waals surface area (Å²) in [5.74, 6) is -0.897. The number of anilines is 1. The van der Waals surface area contributed by atoms with Crippen molar-refractivity contribution in [1.29, 1.82) is 0 Å². The Morgan fingerprint density at radius 3 is 2.39 bits per heavy atom. The molecule has 0 radical (unpaired) electrons. The van der Waals surface area contributed by atoms with Crippen molar-refractivity contribution in [3.05, 3.63) is 95.6 Å². The van der Waals surface area contributed by atoms with Crippen molar-refractivity contribution in [3.63, 3.8) is 0 Å². The third-order valence-corrected chi connectivity index (χ3v) is 4.31. The number of benzene rings is 2. The number of rotatable bonds is 6. The van der Waals surface area contributed by atoms with E-state index in [0.717, 1.165) is 12.0 Å². The molecule has 5 nitrogen and oxygen atoms in total. The largest absolute Gasteiger partial charge is 0.341 e. The molecule has 0 aliphatic carbocycles. The summed E-state index contributed by atoms with van der Waals surface area (Å²) in [7, 11) is 1.73. The maximum Gasteiger partial charge on any atom is 0.255 e. The van der Waals surface area contributed by atoms with Gasteiger partial charge in [-0.2, -0.15) is 0 Å². The zero-order valence-corrected chi connectivity index (χ0v) is 15.4. The molecule has 28 heavy (non-hydrogen) atoms. The highest BCUT2D eigenvalue weighted by Gasteiger charge is 2.14. The van der Waals surface area contributed by atoms with Crippen LogP contribution in [0.25, 0.3) is 0 Å². The van der Waals surface area contributed by atoms with Crippen LogP contribution in [0.3, 0.4) is 0 Å². The molecular weight excluding hydrogens is 357 g/mol. The summed E-state index contributed by atoms with van der Waals surface area (Å²) in [6.07, 6.45) is 4.16. The van der Waals surface area contributed by atoms with Crippen molar-refractivity contribution in [2.45, 2.75) is 6.42 Å². The lowest BCUT2D eigenvalue weighted by Crippen LogP contribution is -2.29. The van der Waals surface area contributed by atoms with Crippen LogP contribution in [0.5, 0.6) is 0 Å². The van der Waals surface area contributed by atoms with Crippen LogP contribution in [0.15, 0.2) is 73.1 Å². The quantitative estimate of drug-likeness (QED) is 0.711. The van der Waals surface area contributed by atoms with Gasteiger partial charge in [0, 0.05) is 42.8 Å². The predicted octanol–water partition coefficient (Wildman–Crippen LogP) is 3.79. The van der Waals surface area contributed by atoms with Crippen LogP contribution < -0.4 is 5.32 Å². The molecule has 0 fully saturated rings. The van der Waals surface area contributed by atoms with Crippen molar-refractivity contribution in [2.24, 2.45) is 0 Å². The van der Waals surface area contributed by atoms with Gasteiger partial charge >= 0.3 is 0 Å². The van der Waals surface area contributed by atoms with Gasteiger partial charge in [0.1, 0.15) is 5.82 Å². The maximum absolute atomic E-state index is 13.0. The molecule has 0 bridgehead atoms. The summed E-state index contributed by atoms with van der Waals surface area (Å²) in [6.45, 7) is 0.550. The van der Waals surface area contributed by atoms with Crippen molar-refractivity contribution < 1.29 is 14.0 Å². The molecule has 0 aliphatic heterocycles. The Bertz CT molecular complexity index is 959. The van der Waals surface area contributed by atoms with Crippen LogP contribution in [0.1, 0.15) is 26.3 Å². The number of nitrogens with zero attached hydrogens (tertiary/aromatic N) is 2. The highest BCUT2D eigenvalue weighted by atomic mass is 19.1. The van der Waals surface area contributed by atoms with E-state index in [1.54, 1.807) is 48.6 Å². The van der Waals surface area contributed by atoms with Crippen LogP contribution in [0.4, 0.5) is 10.1 Å². The molecule has 142 valence electrons. The van der Waals surface area contributed by atoms with E-state index in [1.807, 2.05) is 12.1 Å². The molecular formula is C22H20FN3O2. The zero-order valence-electron chi connectivity index (χ0n) is 15.4. The third kappa shape index (κ3) is 5.01. The van der Waals surface area contributed by atoms with Crippen molar-refractivity contribution in [2.75, 3.05) is 18.9 Å². The second kappa shape index (κ2) is 8.90. The molecule has 1 aromatic heterocycles. The van der Waals surface area contributed by atoms with Crippen LogP contribution in [0, 0.1) is 5.82 Å². The first-order valence-corrected chi connectivity index (χ1v) is 8.84. The Morgan fingerprint density at radius 2 is 1.68 bits per heavy atom. The Balaban J connectivity index is 1.65. The highest BCUT2D eigenvalue weighted by Crippen LogP contribution is 2.13. The molecule has 0 atom stereocenters. The van der Waals surface area contributed by atoms with Gasteiger partial charge in [-0.1, -0.05) is 6.07 Å². The van der Waals surface area contributed by atoms with Crippen molar-refractivity contribution >= 4 is 17.5 Å². The number of hydrogen-bond donors (Lipinski definition) is 1. The number of halogens is 1. The predicted molar refractivity (Wildman–Crippen MR) is 106 cm³/mol. The Labute approximate surface area is 162 Å². The van der Waals surface area contributed by atoms with E-state index in [9.17, 15) is 14.0 Å². The van der Waals surface area contributed by atoms with Crippen LogP contribution in [-0.2, 0) is 6.42 Å². The van der Waals surface area contributed by atoms with E-state index in [0.29, 0.717) is 23.4 Å². The lowest BCUT2D eigenvalue weighted by Gasteiger charge is -2.17. The lowest BCUT2D eigenvalue weighted by atomic mass is 10.1. The standard InChI is InChI=1S/C22H20FN3O2/c1-26(14-11-16-9-12-24-13-10-16)22(28)18-4-2-3-17(15-18)21(27)25-20-7-5-19(23)6-8-20/h2-10,12-13,15H,11,14H2,1H3,(H,25,27). The Morgan fingerprint density at radius 1 is 1.00 bits per heavy atom. The minimum Gasteiger partial charge on any atom is -0.341 e. The summed E-state index contributed by atoms with van der Waals surface area (Å²) in [5, 5.41) is 2.69. The van der Waals surface area contributed by atoms with Gasteiger partial charge in [0.15, 0.2) is 0 Å². The lowest BCUT2D eigenvalue weighted by molar-refractivity contribution is 0.0796. The normalized spacial score (nSPS) is 10.4. The minimum atomic E-state index is -0.375. The summed E-state index contributed by atoms with van der Waals surface area (Å²) >= 11 is 0. The number of amides is 2. The molecule has 2 amide bonds. The summed E-state index contributed by atoms with van der Waals surface area (Å²) in [5.41, 5.74) is 2.38. The Kier molecular flexibility index (Phi) is 6.11. The third-order valence-electron chi connectivity index (χ3n) is 4.31. The molecule has 6 heteroatoms. The van der Waals surface area contributed by atoms with Crippen LogP contribution in [-0.4, -0.2) is 35.3 Å². The first-order valence-electron chi connectivity index (χ1n) is 8.84.